The number of hydrogen-bond acceptors (Lipinski definition) is 7. The third-order valence-corrected chi connectivity index (χ3v) is 7.93. The van der Waals surface area contributed by atoms with E-state index in [0.717, 1.165) is 0 Å². The van der Waals surface area contributed by atoms with Crippen molar-refractivity contribution in [3.63, 3.8) is 0 Å². The predicted octanol–water partition coefficient (Wildman–Crippen LogP) is 4.24. The van der Waals surface area contributed by atoms with Crippen molar-refractivity contribution in [1.29, 1.82) is 5.26 Å². The number of amides is 1. The van der Waals surface area contributed by atoms with E-state index < -0.39 is 6.04 Å². The Kier molecular flexibility index (Phi) is 7.54. The molecule has 0 unspecified atom stereocenters. The fraction of sp³-hybridized carbons (Fsp3) is 0.226. The first-order valence-corrected chi connectivity index (χ1v) is 13.8. The summed E-state index contributed by atoms with van der Waals surface area (Å²) in [6.07, 6.45) is 1.67. The number of furan rings is 1. The van der Waals surface area contributed by atoms with Crippen molar-refractivity contribution in [3.8, 4) is 23.1 Å². The van der Waals surface area contributed by atoms with Gasteiger partial charge in [0.25, 0.3) is 11.5 Å². The highest BCUT2D eigenvalue weighted by Crippen LogP contribution is 2.36. The average Bonchev–Trinajstić information content (AvgIpc) is 3.56. The van der Waals surface area contributed by atoms with Crippen molar-refractivity contribution in [2.45, 2.75) is 26.8 Å². The summed E-state index contributed by atoms with van der Waals surface area (Å²) in [6.45, 7) is 6.73. The van der Waals surface area contributed by atoms with Crippen molar-refractivity contribution < 1.29 is 13.9 Å². The number of carbonyl (C=O) groups is 1. The normalized spacial score (nSPS) is 14.9. The van der Waals surface area contributed by atoms with E-state index in [4.69, 9.17) is 14.1 Å². The van der Waals surface area contributed by atoms with Crippen LogP contribution in [0.15, 0.2) is 86.1 Å². The first kappa shape index (κ1) is 26.9. The number of methoxy groups -OCH3 is 1. The number of thiazole rings is 1. The van der Waals surface area contributed by atoms with Crippen LogP contribution in [0.1, 0.15) is 43.7 Å². The number of allylic oxidation sites excluding steroid dienone is 1. The van der Waals surface area contributed by atoms with Crippen molar-refractivity contribution >= 4 is 23.3 Å². The maximum absolute atomic E-state index is 14.0. The Labute approximate surface area is 235 Å². The summed E-state index contributed by atoms with van der Waals surface area (Å²) in [5.74, 6) is 1.42. The molecule has 0 aliphatic carbocycles. The molecule has 0 N–H and O–H groups in total. The number of fused-ring (bicyclic) bond motifs is 1. The summed E-state index contributed by atoms with van der Waals surface area (Å²) >= 11 is 1.23. The molecule has 2 aromatic carbocycles. The number of likely N-dealkylation sites (N-methyl/N-ethyl adjacent to an activating group) is 1. The van der Waals surface area contributed by atoms with E-state index >= 15 is 0 Å². The quantitative estimate of drug-likeness (QED) is 0.341. The van der Waals surface area contributed by atoms with Crippen LogP contribution < -0.4 is 19.6 Å². The van der Waals surface area contributed by atoms with E-state index in [9.17, 15) is 14.9 Å². The van der Waals surface area contributed by atoms with Crippen LogP contribution in [0.25, 0.3) is 17.4 Å². The van der Waals surface area contributed by atoms with E-state index in [1.807, 2.05) is 57.2 Å². The van der Waals surface area contributed by atoms with Crippen LogP contribution in [0.4, 0.5) is 0 Å². The highest BCUT2D eigenvalue weighted by Gasteiger charge is 2.35. The molecule has 5 rings (SSSR count). The second kappa shape index (κ2) is 11.2. The second-order valence-electron chi connectivity index (χ2n) is 9.16. The maximum Gasteiger partial charge on any atom is 0.271 e. The average molecular weight is 553 g/mol. The van der Waals surface area contributed by atoms with Gasteiger partial charge in [0.05, 0.1) is 34.5 Å². The summed E-state index contributed by atoms with van der Waals surface area (Å²) in [5, 5.41) is 9.46. The standard InChI is InChI=1S/C31H28N4O4S/c1-5-34(6-2)30(37)27-19(3)33-31-35(28(27)23-13-9-10-14-24(23)38-4)29(36)26(40-31)17-21-15-16-25(39-21)22-12-8-7-11-20(22)18-32/h7-17,28H,5-6H2,1-4H3/b26-17+/t28-/m1/s1. The third-order valence-electron chi connectivity index (χ3n) is 6.95. The largest absolute Gasteiger partial charge is 0.496 e. The molecule has 9 heteroatoms. The van der Waals surface area contributed by atoms with Gasteiger partial charge in [0.15, 0.2) is 4.80 Å². The number of rotatable bonds is 7. The number of aromatic nitrogens is 1. The minimum absolute atomic E-state index is 0.164. The van der Waals surface area contributed by atoms with Gasteiger partial charge in [-0.3, -0.25) is 14.2 Å². The number of benzene rings is 2. The molecule has 1 atom stereocenters. The van der Waals surface area contributed by atoms with Crippen molar-refractivity contribution in [2.75, 3.05) is 20.2 Å². The fourth-order valence-corrected chi connectivity index (χ4v) is 5.99. The Bertz CT molecular complexity index is 1850. The molecule has 1 aliphatic rings. The zero-order valence-electron chi connectivity index (χ0n) is 22.7. The van der Waals surface area contributed by atoms with Crippen LogP contribution in [0.3, 0.4) is 0 Å². The molecule has 0 saturated heterocycles. The maximum atomic E-state index is 14.0. The van der Waals surface area contributed by atoms with Gasteiger partial charge in [-0.1, -0.05) is 41.7 Å². The highest BCUT2D eigenvalue weighted by molar-refractivity contribution is 7.07. The molecular weight excluding hydrogens is 524 g/mol. The number of ether oxygens (including phenoxy) is 1. The van der Waals surface area contributed by atoms with Gasteiger partial charge >= 0.3 is 0 Å². The Morgan fingerprint density at radius 1 is 1.15 bits per heavy atom. The van der Waals surface area contributed by atoms with E-state index in [-0.39, 0.29) is 11.5 Å². The first-order valence-electron chi connectivity index (χ1n) is 13.0. The zero-order chi connectivity index (χ0) is 28.4. The van der Waals surface area contributed by atoms with E-state index in [0.29, 0.717) is 67.7 Å². The Morgan fingerprint density at radius 2 is 1.88 bits per heavy atom. The highest BCUT2D eigenvalue weighted by atomic mass is 32.1. The third kappa shape index (κ3) is 4.67. The molecule has 202 valence electrons. The number of carbonyl (C=O) groups excluding carboxylic acids is 1. The number of nitrogens with zero attached hydrogens (tertiary/aromatic N) is 4. The fourth-order valence-electron chi connectivity index (χ4n) is 4.96. The Hall–Kier alpha value is -4.68. The summed E-state index contributed by atoms with van der Waals surface area (Å²) in [7, 11) is 1.57. The zero-order valence-corrected chi connectivity index (χ0v) is 23.5. The lowest BCUT2D eigenvalue weighted by Gasteiger charge is -2.29. The van der Waals surface area contributed by atoms with Crippen LogP contribution in [-0.2, 0) is 4.79 Å². The molecule has 0 bridgehead atoms. The molecule has 0 spiro atoms. The van der Waals surface area contributed by atoms with Crippen LogP contribution in [0.5, 0.6) is 5.75 Å². The van der Waals surface area contributed by atoms with Crippen LogP contribution in [0, 0.1) is 11.3 Å². The lowest BCUT2D eigenvalue weighted by atomic mass is 9.94. The van der Waals surface area contributed by atoms with Gasteiger partial charge in [-0.25, -0.2) is 4.99 Å². The molecule has 8 nitrogen and oxygen atoms in total. The van der Waals surface area contributed by atoms with Gasteiger partial charge in [-0.15, -0.1) is 0 Å². The topological polar surface area (TPSA) is 101 Å². The van der Waals surface area contributed by atoms with Gasteiger partial charge in [-0.2, -0.15) is 5.26 Å². The lowest BCUT2D eigenvalue weighted by molar-refractivity contribution is -0.127. The van der Waals surface area contributed by atoms with Gasteiger partial charge < -0.3 is 14.1 Å². The minimum atomic E-state index is -0.711. The lowest BCUT2D eigenvalue weighted by Crippen LogP contribution is -2.43. The molecule has 3 heterocycles. The van der Waals surface area contributed by atoms with E-state index in [1.165, 1.54) is 11.3 Å². The second-order valence-corrected chi connectivity index (χ2v) is 10.2. The first-order chi connectivity index (χ1) is 19.4. The molecule has 40 heavy (non-hydrogen) atoms. The molecule has 0 radical (unpaired) electrons. The van der Waals surface area contributed by atoms with Gasteiger partial charge in [0, 0.05) is 30.3 Å². The molecule has 0 saturated carbocycles. The molecule has 1 amide bonds. The summed E-state index contributed by atoms with van der Waals surface area (Å²) < 4.78 is 13.7. The van der Waals surface area contributed by atoms with Gasteiger partial charge in [-0.05, 0) is 51.1 Å². The Morgan fingerprint density at radius 3 is 2.60 bits per heavy atom. The SMILES string of the molecule is CCN(CC)C(=O)C1=C(C)N=c2s/c(=C/c3ccc(-c4ccccc4C#N)o3)c(=O)n2[C@@H]1c1ccccc1OC. The molecule has 0 fully saturated rings. The van der Waals surface area contributed by atoms with Crippen LogP contribution in [-0.4, -0.2) is 35.6 Å². The molecule has 1 aliphatic heterocycles. The number of hydrogen-bond donors (Lipinski definition) is 0. The van der Waals surface area contributed by atoms with Crippen LogP contribution in [0.2, 0.25) is 0 Å². The summed E-state index contributed by atoms with van der Waals surface area (Å²) in [6, 6.07) is 19.6. The summed E-state index contributed by atoms with van der Waals surface area (Å²) in [5.41, 5.74) is 2.61. The van der Waals surface area contributed by atoms with Crippen molar-refractivity contribution in [1.82, 2.24) is 9.47 Å². The monoisotopic (exact) mass is 552 g/mol. The summed E-state index contributed by atoms with van der Waals surface area (Å²) in [4.78, 5) is 34.7. The molecular formula is C31H28N4O4S. The predicted molar refractivity (Wildman–Crippen MR) is 154 cm³/mol. The van der Waals surface area contributed by atoms with Gasteiger partial charge in [0.2, 0.25) is 0 Å². The van der Waals surface area contributed by atoms with Gasteiger partial charge in [0.1, 0.15) is 23.3 Å². The number of nitriles is 1. The smallest absolute Gasteiger partial charge is 0.271 e. The Balaban J connectivity index is 1.68. The molecule has 4 aromatic rings. The van der Waals surface area contributed by atoms with E-state index in [2.05, 4.69) is 6.07 Å². The number of para-hydroxylation sites is 1. The van der Waals surface area contributed by atoms with Crippen LogP contribution >= 0.6 is 11.3 Å². The van der Waals surface area contributed by atoms with Crippen molar-refractivity contribution in [3.05, 3.63) is 109 Å². The van der Waals surface area contributed by atoms with Crippen molar-refractivity contribution in [2.24, 2.45) is 4.99 Å². The van der Waals surface area contributed by atoms with E-state index in [1.54, 1.807) is 46.9 Å². The molecule has 2 aromatic heterocycles. The minimum Gasteiger partial charge on any atom is -0.496 e.